The van der Waals surface area contributed by atoms with Gasteiger partial charge in [0.15, 0.2) is 0 Å². The lowest BCUT2D eigenvalue weighted by Gasteiger charge is -2.17. The predicted molar refractivity (Wildman–Crippen MR) is 93.7 cm³/mol. The van der Waals surface area contributed by atoms with Gasteiger partial charge in [-0.3, -0.25) is 4.79 Å². The summed E-state index contributed by atoms with van der Waals surface area (Å²) in [4.78, 5) is 13.9. The molecule has 1 amide bonds. The van der Waals surface area contributed by atoms with Gasteiger partial charge in [0.1, 0.15) is 11.6 Å². The Morgan fingerprint density at radius 1 is 1.12 bits per heavy atom. The number of hydrazone groups is 1. The van der Waals surface area contributed by atoms with E-state index in [1.807, 2.05) is 6.07 Å². The normalized spacial score (nSPS) is 14.2. The molecule has 0 aromatic heterocycles. The van der Waals surface area contributed by atoms with Crippen LogP contribution in [0.3, 0.4) is 0 Å². The van der Waals surface area contributed by atoms with Crippen molar-refractivity contribution in [2.75, 3.05) is 18.0 Å². The summed E-state index contributed by atoms with van der Waals surface area (Å²) in [6, 6.07) is 10.7. The molecule has 1 aliphatic heterocycles. The number of benzene rings is 2. The summed E-state index contributed by atoms with van der Waals surface area (Å²) in [5, 5.41) is 3.79. The monoisotopic (exact) mass is 343 g/mol. The first-order chi connectivity index (χ1) is 12.1. The van der Waals surface area contributed by atoms with Crippen LogP contribution in [0.2, 0.25) is 0 Å². The van der Waals surface area contributed by atoms with Gasteiger partial charge >= 0.3 is 0 Å². The maximum Gasteiger partial charge on any atom is 0.244 e. The van der Waals surface area contributed by atoms with E-state index >= 15 is 0 Å². The summed E-state index contributed by atoms with van der Waals surface area (Å²) in [6.07, 6.45) is 3.62. The lowest BCUT2D eigenvalue weighted by Crippen LogP contribution is -2.20. The molecule has 1 aliphatic rings. The zero-order valence-corrected chi connectivity index (χ0v) is 13.7. The summed E-state index contributed by atoms with van der Waals surface area (Å²) < 4.78 is 27.0. The van der Waals surface area contributed by atoms with Gasteiger partial charge in [0.05, 0.1) is 12.6 Å². The number of anilines is 1. The first kappa shape index (κ1) is 17.1. The molecule has 0 aliphatic carbocycles. The van der Waals surface area contributed by atoms with Crippen molar-refractivity contribution in [3.05, 3.63) is 65.2 Å². The Balaban J connectivity index is 1.56. The third-order valence-electron chi connectivity index (χ3n) is 4.13. The maximum absolute atomic E-state index is 14.1. The molecule has 0 spiro atoms. The second kappa shape index (κ2) is 7.88. The molecule has 3 rings (SSSR count). The number of nitrogens with zero attached hydrogens (tertiary/aromatic N) is 2. The average Bonchev–Trinajstić information content (AvgIpc) is 3.13. The van der Waals surface area contributed by atoms with Crippen LogP contribution in [0.15, 0.2) is 47.6 Å². The van der Waals surface area contributed by atoms with Crippen molar-refractivity contribution in [1.29, 1.82) is 0 Å². The third kappa shape index (κ3) is 4.62. The lowest BCUT2D eigenvalue weighted by atomic mass is 10.1. The van der Waals surface area contributed by atoms with Crippen LogP contribution in [-0.2, 0) is 11.2 Å². The molecule has 0 unspecified atom stereocenters. The molecule has 1 heterocycles. The highest BCUT2D eigenvalue weighted by atomic mass is 19.1. The molecule has 1 fully saturated rings. The van der Waals surface area contributed by atoms with E-state index in [0.29, 0.717) is 11.1 Å². The first-order valence-corrected chi connectivity index (χ1v) is 8.23. The Hall–Kier alpha value is -2.76. The minimum Gasteiger partial charge on any atom is -0.371 e. The number of hydrogen-bond acceptors (Lipinski definition) is 3. The van der Waals surface area contributed by atoms with Gasteiger partial charge < -0.3 is 4.90 Å². The molecule has 0 atom stereocenters. The van der Waals surface area contributed by atoms with E-state index in [4.69, 9.17) is 0 Å². The fraction of sp³-hybridized carbons (Fsp3) is 0.263. The van der Waals surface area contributed by atoms with Crippen molar-refractivity contribution < 1.29 is 13.6 Å². The van der Waals surface area contributed by atoms with Gasteiger partial charge in [0.25, 0.3) is 0 Å². The van der Waals surface area contributed by atoms with Crippen LogP contribution >= 0.6 is 0 Å². The Bertz CT molecular complexity index is 769. The van der Waals surface area contributed by atoms with Gasteiger partial charge in [0, 0.05) is 24.3 Å². The van der Waals surface area contributed by atoms with Crippen LogP contribution in [0.4, 0.5) is 14.5 Å². The van der Waals surface area contributed by atoms with E-state index in [-0.39, 0.29) is 24.0 Å². The zero-order valence-electron chi connectivity index (χ0n) is 13.7. The Labute approximate surface area is 145 Å². The second-order valence-corrected chi connectivity index (χ2v) is 6.00. The summed E-state index contributed by atoms with van der Waals surface area (Å²) >= 11 is 0. The molecule has 4 nitrogen and oxygen atoms in total. The molecule has 0 radical (unpaired) electrons. The molecule has 0 bridgehead atoms. The minimum atomic E-state index is -0.374. The quantitative estimate of drug-likeness (QED) is 0.669. The Morgan fingerprint density at radius 3 is 2.52 bits per heavy atom. The topological polar surface area (TPSA) is 44.7 Å². The van der Waals surface area contributed by atoms with Crippen molar-refractivity contribution >= 4 is 17.8 Å². The van der Waals surface area contributed by atoms with E-state index in [0.717, 1.165) is 31.6 Å². The van der Waals surface area contributed by atoms with Gasteiger partial charge in [-0.2, -0.15) is 5.10 Å². The van der Waals surface area contributed by atoms with Gasteiger partial charge in [-0.05, 0) is 48.7 Å². The number of halogens is 2. The molecule has 0 saturated carbocycles. The molecule has 2 aromatic carbocycles. The molecule has 130 valence electrons. The van der Waals surface area contributed by atoms with E-state index in [9.17, 15) is 13.6 Å². The highest BCUT2D eigenvalue weighted by molar-refractivity contribution is 5.84. The lowest BCUT2D eigenvalue weighted by molar-refractivity contribution is -0.120. The SMILES string of the molecule is O=C(Cc1ccc(F)cc1)N/N=C/c1ccc(N2CCCC2)cc1F. The highest BCUT2D eigenvalue weighted by Crippen LogP contribution is 2.22. The number of rotatable bonds is 5. The van der Waals surface area contributed by atoms with Gasteiger partial charge in [-0.25, -0.2) is 14.2 Å². The summed E-state index contributed by atoms with van der Waals surface area (Å²) in [6.45, 7) is 1.90. The molecule has 6 heteroatoms. The van der Waals surface area contributed by atoms with E-state index < -0.39 is 0 Å². The number of hydrogen-bond donors (Lipinski definition) is 1. The average molecular weight is 343 g/mol. The number of carbonyl (C=O) groups is 1. The predicted octanol–water partition coefficient (Wildman–Crippen LogP) is 3.26. The Kier molecular flexibility index (Phi) is 5.38. The van der Waals surface area contributed by atoms with Crippen molar-refractivity contribution in [3.8, 4) is 0 Å². The fourth-order valence-electron chi connectivity index (χ4n) is 2.79. The van der Waals surface area contributed by atoms with Crippen LogP contribution in [0.5, 0.6) is 0 Å². The van der Waals surface area contributed by atoms with Crippen molar-refractivity contribution in [2.45, 2.75) is 19.3 Å². The van der Waals surface area contributed by atoms with Crippen molar-refractivity contribution in [3.63, 3.8) is 0 Å². The van der Waals surface area contributed by atoms with E-state index in [1.54, 1.807) is 6.07 Å². The minimum absolute atomic E-state index is 0.0774. The van der Waals surface area contributed by atoms with Gasteiger partial charge in [-0.15, -0.1) is 0 Å². The van der Waals surface area contributed by atoms with Crippen LogP contribution in [0.25, 0.3) is 0 Å². The summed E-state index contributed by atoms with van der Waals surface area (Å²) in [7, 11) is 0. The highest BCUT2D eigenvalue weighted by Gasteiger charge is 2.13. The third-order valence-corrected chi connectivity index (χ3v) is 4.13. The molecule has 1 N–H and O–H groups in total. The summed E-state index contributed by atoms with van der Waals surface area (Å²) in [5.41, 5.74) is 4.21. The molecule has 2 aromatic rings. The summed E-state index contributed by atoms with van der Waals surface area (Å²) in [5.74, 6) is -1.08. The van der Waals surface area contributed by atoms with E-state index in [2.05, 4.69) is 15.4 Å². The molecular formula is C19H19F2N3O. The number of amides is 1. The standard InChI is InChI=1S/C19H19F2N3O/c20-16-6-3-14(4-7-16)11-19(25)23-22-13-15-5-8-17(12-18(15)21)24-9-1-2-10-24/h3-8,12-13H,1-2,9-11H2,(H,23,25)/b22-13+. The largest absolute Gasteiger partial charge is 0.371 e. The molecule has 1 saturated heterocycles. The van der Waals surface area contributed by atoms with Crippen LogP contribution in [-0.4, -0.2) is 25.2 Å². The van der Waals surface area contributed by atoms with Crippen LogP contribution in [0.1, 0.15) is 24.0 Å². The smallest absolute Gasteiger partial charge is 0.244 e. The maximum atomic E-state index is 14.1. The second-order valence-electron chi connectivity index (χ2n) is 6.00. The Morgan fingerprint density at radius 2 is 1.84 bits per heavy atom. The van der Waals surface area contributed by atoms with E-state index in [1.165, 1.54) is 36.5 Å². The number of nitrogens with one attached hydrogen (secondary N) is 1. The molecular weight excluding hydrogens is 324 g/mol. The molecule has 25 heavy (non-hydrogen) atoms. The number of carbonyl (C=O) groups excluding carboxylic acids is 1. The van der Waals surface area contributed by atoms with Gasteiger partial charge in [0.2, 0.25) is 5.91 Å². The fourth-order valence-corrected chi connectivity index (χ4v) is 2.79. The van der Waals surface area contributed by atoms with Crippen molar-refractivity contribution in [2.24, 2.45) is 5.10 Å². The van der Waals surface area contributed by atoms with Gasteiger partial charge in [-0.1, -0.05) is 12.1 Å². The zero-order chi connectivity index (χ0) is 17.6. The first-order valence-electron chi connectivity index (χ1n) is 8.23. The van der Waals surface area contributed by atoms with Crippen molar-refractivity contribution in [1.82, 2.24) is 5.43 Å². The van der Waals surface area contributed by atoms with Crippen LogP contribution < -0.4 is 10.3 Å². The van der Waals surface area contributed by atoms with Crippen LogP contribution in [0, 0.1) is 11.6 Å².